The molecule has 1 amide bonds. The lowest BCUT2D eigenvalue weighted by Gasteiger charge is -2.19. The van der Waals surface area contributed by atoms with Gasteiger partial charge in [-0.05, 0) is 18.6 Å². The van der Waals surface area contributed by atoms with Crippen LogP contribution in [0.2, 0.25) is 0 Å². The zero-order chi connectivity index (χ0) is 12.1. The normalized spacial score (nSPS) is 11.9. The second-order valence-electron chi connectivity index (χ2n) is 3.62. The average molecular weight is 222 g/mol. The number of hydrogen-bond donors (Lipinski definition) is 1. The van der Waals surface area contributed by atoms with Gasteiger partial charge in [-0.2, -0.15) is 0 Å². The third-order valence-corrected chi connectivity index (χ3v) is 2.26. The molecule has 16 heavy (non-hydrogen) atoms. The van der Waals surface area contributed by atoms with Crippen molar-refractivity contribution in [3.63, 3.8) is 0 Å². The Balaban J connectivity index is 2.62. The molecule has 0 saturated carbocycles. The molecule has 1 atom stereocenters. The summed E-state index contributed by atoms with van der Waals surface area (Å²) >= 11 is 0. The van der Waals surface area contributed by atoms with Gasteiger partial charge in [0.25, 0.3) is 0 Å². The number of hydrogen-bond acceptors (Lipinski definition) is 3. The number of carbonyl (C=O) groups is 2. The van der Waals surface area contributed by atoms with Gasteiger partial charge in [0.2, 0.25) is 5.91 Å². The largest absolute Gasteiger partial charge is 0.481 e. The van der Waals surface area contributed by atoms with Crippen molar-refractivity contribution in [3.05, 3.63) is 30.1 Å². The van der Waals surface area contributed by atoms with Crippen molar-refractivity contribution in [2.75, 3.05) is 7.05 Å². The van der Waals surface area contributed by atoms with Crippen LogP contribution in [0.5, 0.6) is 0 Å². The Kier molecular flexibility index (Phi) is 3.99. The Morgan fingerprint density at radius 2 is 2.25 bits per heavy atom. The molecule has 5 heteroatoms. The lowest BCUT2D eigenvalue weighted by molar-refractivity contribution is -0.149. The van der Waals surface area contributed by atoms with Gasteiger partial charge in [0.05, 0.1) is 0 Å². The summed E-state index contributed by atoms with van der Waals surface area (Å²) in [6.45, 7) is 1.74. The predicted molar refractivity (Wildman–Crippen MR) is 57.5 cm³/mol. The molecule has 86 valence electrons. The van der Waals surface area contributed by atoms with Crippen molar-refractivity contribution >= 4 is 11.9 Å². The summed E-state index contributed by atoms with van der Waals surface area (Å²) < 4.78 is 0. The molecule has 0 fully saturated rings. The lowest BCUT2D eigenvalue weighted by Crippen LogP contribution is -2.34. The van der Waals surface area contributed by atoms with Crippen LogP contribution in [0.4, 0.5) is 0 Å². The SMILES string of the molecule is CC(C(=O)O)C(=O)N(C)Cc1cccnc1. The summed E-state index contributed by atoms with van der Waals surface area (Å²) in [5, 5.41) is 8.71. The molecule has 1 aromatic heterocycles. The van der Waals surface area contributed by atoms with Gasteiger partial charge in [-0.15, -0.1) is 0 Å². The standard InChI is InChI=1S/C11H14N2O3/c1-8(11(15)16)10(14)13(2)7-9-4-3-5-12-6-9/h3-6,8H,7H2,1-2H3,(H,15,16). The van der Waals surface area contributed by atoms with Crippen LogP contribution in [0.25, 0.3) is 0 Å². The van der Waals surface area contributed by atoms with E-state index in [2.05, 4.69) is 4.98 Å². The highest BCUT2D eigenvalue weighted by Gasteiger charge is 2.23. The van der Waals surface area contributed by atoms with Gasteiger partial charge in [0.1, 0.15) is 5.92 Å². The molecule has 0 radical (unpaired) electrons. The van der Waals surface area contributed by atoms with E-state index in [4.69, 9.17) is 5.11 Å². The van der Waals surface area contributed by atoms with Gasteiger partial charge in [0.15, 0.2) is 0 Å². The molecule has 0 aromatic carbocycles. The minimum absolute atomic E-state index is 0.365. The van der Waals surface area contributed by atoms with E-state index >= 15 is 0 Å². The van der Waals surface area contributed by atoms with Crippen LogP contribution in [0.1, 0.15) is 12.5 Å². The summed E-state index contributed by atoms with van der Waals surface area (Å²) in [6.07, 6.45) is 3.29. The maximum absolute atomic E-state index is 11.6. The van der Waals surface area contributed by atoms with Crippen molar-refractivity contribution in [1.82, 2.24) is 9.88 Å². The van der Waals surface area contributed by atoms with E-state index in [1.54, 1.807) is 25.5 Å². The Morgan fingerprint density at radius 1 is 1.56 bits per heavy atom. The van der Waals surface area contributed by atoms with Crippen molar-refractivity contribution < 1.29 is 14.7 Å². The minimum Gasteiger partial charge on any atom is -0.481 e. The first-order valence-corrected chi connectivity index (χ1v) is 4.89. The number of carboxylic acid groups (broad SMARTS) is 1. The van der Waals surface area contributed by atoms with Crippen molar-refractivity contribution in [1.29, 1.82) is 0 Å². The third kappa shape index (κ3) is 3.05. The summed E-state index contributed by atoms with van der Waals surface area (Å²) in [7, 11) is 1.58. The van der Waals surface area contributed by atoms with Crippen LogP contribution in [0.15, 0.2) is 24.5 Å². The second kappa shape index (κ2) is 5.25. The van der Waals surface area contributed by atoms with Crippen LogP contribution >= 0.6 is 0 Å². The average Bonchev–Trinajstić information content (AvgIpc) is 2.28. The van der Waals surface area contributed by atoms with Gasteiger partial charge in [0, 0.05) is 26.0 Å². The molecule has 0 spiro atoms. The van der Waals surface area contributed by atoms with Crippen molar-refractivity contribution in [2.45, 2.75) is 13.5 Å². The van der Waals surface area contributed by atoms with Gasteiger partial charge in [-0.1, -0.05) is 6.07 Å². The summed E-state index contributed by atoms with van der Waals surface area (Å²) in [5.41, 5.74) is 0.871. The van der Waals surface area contributed by atoms with Crippen LogP contribution < -0.4 is 0 Å². The van der Waals surface area contributed by atoms with Gasteiger partial charge >= 0.3 is 5.97 Å². The highest BCUT2D eigenvalue weighted by atomic mass is 16.4. The molecule has 0 aliphatic heterocycles. The topological polar surface area (TPSA) is 70.5 Å². The molecule has 0 aliphatic rings. The number of carbonyl (C=O) groups excluding carboxylic acids is 1. The molecule has 1 heterocycles. The Morgan fingerprint density at radius 3 is 2.75 bits per heavy atom. The molecule has 0 saturated heterocycles. The number of nitrogens with zero attached hydrogens (tertiary/aromatic N) is 2. The number of aliphatic carboxylic acids is 1. The zero-order valence-electron chi connectivity index (χ0n) is 9.25. The monoisotopic (exact) mass is 222 g/mol. The summed E-state index contributed by atoms with van der Waals surface area (Å²) in [6, 6.07) is 3.61. The van der Waals surface area contributed by atoms with Gasteiger partial charge < -0.3 is 10.0 Å². The number of amides is 1. The van der Waals surface area contributed by atoms with E-state index in [0.29, 0.717) is 6.54 Å². The molecular formula is C11H14N2O3. The number of pyridine rings is 1. The van der Waals surface area contributed by atoms with Gasteiger partial charge in [-0.3, -0.25) is 14.6 Å². The lowest BCUT2D eigenvalue weighted by atomic mass is 10.1. The Labute approximate surface area is 93.7 Å². The highest BCUT2D eigenvalue weighted by molar-refractivity contribution is 5.96. The zero-order valence-corrected chi connectivity index (χ0v) is 9.25. The van der Waals surface area contributed by atoms with E-state index in [-0.39, 0.29) is 0 Å². The molecule has 1 aromatic rings. The first-order valence-electron chi connectivity index (χ1n) is 4.89. The first kappa shape index (κ1) is 12.2. The van der Waals surface area contributed by atoms with Gasteiger partial charge in [-0.25, -0.2) is 0 Å². The molecular weight excluding hydrogens is 208 g/mol. The third-order valence-electron chi connectivity index (χ3n) is 2.26. The summed E-state index contributed by atoms with van der Waals surface area (Å²) in [5.74, 6) is -2.53. The predicted octanol–water partition coefficient (Wildman–Crippen LogP) is 0.761. The number of rotatable bonds is 4. The maximum Gasteiger partial charge on any atom is 0.315 e. The molecule has 5 nitrogen and oxygen atoms in total. The van der Waals surface area contributed by atoms with E-state index in [9.17, 15) is 9.59 Å². The number of carboxylic acids is 1. The van der Waals surface area contributed by atoms with E-state index in [1.165, 1.54) is 11.8 Å². The van der Waals surface area contributed by atoms with E-state index in [0.717, 1.165) is 5.56 Å². The van der Waals surface area contributed by atoms with E-state index in [1.807, 2.05) is 6.07 Å². The molecule has 1 N–H and O–H groups in total. The van der Waals surface area contributed by atoms with Crippen LogP contribution in [0, 0.1) is 5.92 Å². The van der Waals surface area contributed by atoms with E-state index < -0.39 is 17.8 Å². The highest BCUT2D eigenvalue weighted by Crippen LogP contribution is 2.06. The summed E-state index contributed by atoms with van der Waals surface area (Å²) in [4.78, 5) is 27.6. The van der Waals surface area contributed by atoms with Crippen LogP contribution in [-0.2, 0) is 16.1 Å². The van der Waals surface area contributed by atoms with Crippen molar-refractivity contribution in [2.24, 2.45) is 5.92 Å². The first-order chi connectivity index (χ1) is 7.52. The second-order valence-corrected chi connectivity index (χ2v) is 3.62. The van der Waals surface area contributed by atoms with Crippen LogP contribution in [0.3, 0.4) is 0 Å². The number of aromatic nitrogens is 1. The fraction of sp³-hybridized carbons (Fsp3) is 0.364. The Hall–Kier alpha value is -1.91. The van der Waals surface area contributed by atoms with Crippen LogP contribution in [-0.4, -0.2) is 33.9 Å². The molecule has 1 unspecified atom stereocenters. The molecule has 0 bridgehead atoms. The quantitative estimate of drug-likeness (QED) is 0.763. The smallest absolute Gasteiger partial charge is 0.315 e. The molecule has 0 aliphatic carbocycles. The fourth-order valence-corrected chi connectivity index (χ4v) is 1.28. The Bertz CT molecular complexity index is 378. The van der Waals surface area contributed by atoms with Crippen molar-refractivity contribution in [3.8, 4) is 0 Å². The maximum atomic E-state index is 11.6. The fourth-order valence-electron chi connectivity index (χ4n) is 1.28. The minimum atomic E-state index is -1.11. The molecule has 1 rings (SSSR count).